The van der Waals surface area contributed by atoms with Crippen LogP contribution in [0.3, 0.4) is 0 Å². The Bertz CT molecular complexity index is 449. The molecule has 0 bridgehead atoms. The van der Waals surface area contributed by atoms with Gasteiger partial charge in [0.2, 0.25) is 0 Å². The molecule has 2 nitrogen and oxygen atoms in total. The molecule has 0 saturated heterocycles. The molecule has 0 saturated carbocycles. The van der Waals surface area contributed by atoms with E-state index in [0.717, 1.165) is 5.35 Å². The van der Waals surface area contributed by atoms with Gasteiger partial charge in [-0.1, -0.05) is 0 Å². The third-order valence-corrected chi connectivity index (χ3v) is 2.24. The summed E-state index contributed by atoms with van der Waals surface area (Å²) in [7, 11) is 0. The molecule has 0 amide bonds. The van der Waals surface area contributed by atoms with E-state index in [4.69, 9.17) is 0 Å². The summed E-state index contributed by atoms with van der Waals surface area (Å²) in [5.41, 5.74) is 0.0407. The van der Waals surface area contributed by atoms with Gasteiger partial charge in [-0.25, -0.2) is 0 Å². The number of halogens is 1. The van der Waals surface area contributed by atoms with Crippen LogP contribution in [0.1, 0.15) is 0 Å². The van der Waals surface area contributed by atoms with E-state index in [0.29, 0.717) is 5.22 Å². The van der Waals surface area contributed by atoms with Gasteiger partial charge in [0.1, 0.15) is 0 Å². The maximum atomic E-state index is 11.3. The monoisotopic (exact) mass is 310 g/mol. The molecule has 0 aliphatic carbocycles. The van der Waals surface area contributed by atoms with Gasteiger partial charge in [0.25, 0.3) is 0 Å². The molecule has 0 unspecified atom stereocenters. The van der Waals surface area contributed by atoms with E-state index in [9.17, 15) is 4.79 Å². The fourth-order valence-electron chi connectivity index (χ4n) is 0.844. The predicted octanol–water partition coefficient (Wildman–Crippen LogP) is -0.323. The van der Waals surface area contributed by atoms with Crippen LogP contribution in [-0.4, -0.2) is 9.71 Å². The van der Waals surface area contributed by atoms with Crippen LogP contribution in [0, 0.1) is 0 Å². The molecule has 61 valence electrons. The Morgan fingerprint density at radius 1 is 1.58 bits per heavy atom. The quantitative estimate of drug-likeness (QED) is 0.709. The van der Waals surface area contributed by atoms with Gasteiger partial charge in [0.05, 0.1) is 0 Å². The van der Waals surface area contributed by atoms with Gasteiger partial charge in [-0.3, -0.25) is 0 Å². The van der Waals surface area contributed by atoms with Gasteiger partial charge in [-0.15, -0.1) is 0 Å². The first-order valence-corrected chi connectivity index (χ1v) is 5.30. The molecule has 1 heterocycles. The average molecular weight is 310 g/mol. The topological polar surface area (TPSA) is 32.9 Å². The Morgan fingerprint density at radius 2 is 2.33 bits per heavy atom. The summed E-state index contributed by atoms with van der Waals surface area (Å²) in [4.78, 5) is 14.3. The van der Waals surface area contributed by atoms with Crippen LogP contribution in [0.25, 0.3) is 10.2 Å². The van der Waals surface area contributed by atoms with E-state index in [1.54, 1.807) is 17.0 Å². The zero-order valence-corrected chi connectivity index (χ0v) is 9.67. The normalized spacial score (nSPS) is 13.3. The van der Waals surface area contributed by atoms with E-state index >= 15 is 0 Å². The van der Waals surface area contributed by atoms with Crippen molar-refractivity contribution in [2.75, 3.05) is 0 Å². The predicted molar refractivity (Wildman–Crippen MR) is 55.3 cm³/mol. The van der Waals surface area contributed by atoms with Crippen molar-refractivity contribution in [1.29, 1.82) is 0 Å². The Hall–Kier alpha value is -0.126. The van der Waals surface area contributed by atoms with Gasteiger partial charge in [0.15, 0.2) is 0 Å². The number of nitrogens with one attached hydrogen (secondary N) is 1. The first kappa shape index (κ1) is 9.96. The van der Waals surface area contributed by atoms with E-state index in [2.05, 4.69) is 44.6 Å². The van der Waals surface area contributed by atoms with E-state index in [1.165, 1.54) is 6.07 Å². The summed E-state index contributed by atoms with van der Waals surface area (Å²) in [5, 5.41) is 1.55. The van der Waals surface area contributed by atoms with Crippen LogP contribution in [-0.2, 0) is 17.0 Å². The Kier molecular flexibility index (Phi) is 3.98. The van der Waals surface area contributed by atoms with Gasteiger partial charge >= 0.3 is 92.5 Å². The molecular weight excluding hydrogens is 304 g/mol. The van der Waals surface area contributed by atoms with Crippen molar-refractivity contribution in [2.24, 2.45) is 0 Å². The summed E-state index contributed by atoms with van der Waals surface area (Å²) >= 11 is 4.41. The second kappa shape index (κ2) is 4.79. The van der Waals surface area contributed by atoms with E-state index in [1.807, 2.05) is 4.08 Å². The number of aromatic nitrogens is 1. The molecule has 1 aromatic rings. The maximum absolute atomic E-state index is 11.3. The fourth-order valence-corrected chi connectivity index (χ4v) is 1.59. The van der Waals surface area contributed by atoms with Crippen molar-refractivity contribution >= 4 is 37.5 Å². The van der Waals surface area contributed by atoms with Crippen molar-refractivity contribution in [2.45, 2.75) is 0 Å². The molecular formula is C8H6INOV. The summed E-state index contributed by atoms with van der Waals surface area (Å²) in [6, 6.07) is 1.52. The van der Waals surface area contributed by atoms with Crippen LogP contribution in [0.4, 0.5) is 0 Å². The summed E-state index contributed by atoms with van der Waals surface area (Å²) < 4.78 is 3.64. The molecule has 0 atom stereocenters. The molecule has 4 heteroatoms. The second-order valence-electron chi connectivity index (χ2n) is 2.09. The van der Waals surface area contributed by atoms with Crippen LogP contribution < -0.4 is 16.0 Å². The molecule has 0 aromatic carbocycles. The molecule has 0 spiro atoms. The fraction of sp³-hybridized carbons (Fsp3) is 0. The zero-order valence-electron chi connectivity index (χ0n) is 6.12. The molecule has 1 N–H and O–H groups in total. The number of aromatic amines is 1. The van der Waals surface area contributed by atoms with E-state index < -0.39 is 0 Å². The van der Waals surface area contributed by atoms with Crippen LogP contribution >= 0.6 is 22.6 Å². The number of H-pyrrole nitrogens is 1. The Morgan fingerprint density at radius 3 is 2.92 bits per heavy atom. The zero-order chi connectivity index (χ0) is 8.97. The Labute approximate surface area is 92.0 Å². The van der Waals surface area contributed by atoms with E-state index in [-0.39, 0.29) is 5.43 Å². The van der Waals surface area contributed by atoms with Crippen molar-refractivity contribution in [3.05, 3.63) is 33.1 Å². The molecule has 0 aliphatic heterocycles. The first-order chi connectivity index (χ1) is 5.79. The van der Waals surface area contributed by atoms with Crippen LogP contribution in [0.5, 0.6) is 0 Å². The molecule has 0 aliphatic rings. The molecule has 0 fully saturated rings. The van der Waals surface area contributed by atoms with Gasteiger partial charge in [-0.2, -0.15) is 0 Å². The van der Waals surface area contributed by atoms with Crippen molar-refractivity contribution in [3.8, 4) is 0 Å². The van der Waals surface area contributed by atoms with Crippen LogP contribution in [0.2, 0.25) is 0 Å². The number of hydrogen-bond donors (Lipinski definition) is 1. The number of hydrogen-bond acceptors (Lipinski definition) is 1. The molecule has 1 rings (SSSR count). The number of pyridine rings is 1. The average Bonchev–Trinajstić information content (AvgIpc) is 2.09. The first-order valence-electron chi connectivity index (χ1n) is 3.25. The number of rotatable bonds is 1. The summed E-state index contributed by atoms with van der Waals surface area (Å²) in [6.45, 7) is 0. The van der Waals surface area contributed by atoms with Gasteiger partial charge in [0, 0.05) is 0 Å². The molecule has 0 radical (unpaired) electrons. The second-order valence-corrected chi connectivity index (χ2v) is 3.18. The van der Waals surface area contributed by atoms with Crippen molar-refractivity contribution < 1.29 is 17.0 Å². The molecule has 1 aromatic heterocycles. The minimum atomic E-state index is 0.0407. The van der Waals surface area contributed by atoms with Gasteiger partial charge in [-0.05, 0) is 0 Å². The minimum absolute atomic E-state index is 0.0407. The third-order valence-electron chi connectivity index (χ3n) is 1.38. The van der Waals surface area contributed by atoms with Crippen molar-refractivity contribution in [1.82, 2.24) is 4.98 Å². The third kappa shape index (κ3) is 2.18. The van der Waals surface area contributed by atoms with Gasteiger partial charge < -0.3 is 0 Å². The van der Waals surface area contributed by atoms with Crippen LogP contribution in [0.15, 0.2) is 17.1 Å². The SMILES string of the molecule is O=c1cc[nH]c(=CI)/c1=C\[CH]=[V]. The summed E-state index contributed by atoms with van der Waals surface area (Å²) in [5.74, 6) is 0. The standard InChI is InChI=1S/C8H6INO.V/c1-2-6-7(5-9)10-4-3-8(6)11;/h1-5,10H;/b6-2+,7-5?;. The summed E-state index contributed by atoms with van der Waals surface area (Å²) in [6.07, 6.45) is 3.43. The van der Waals surface area contributed by atoms with Crippen molar-refractivity contribution in [3.63, 3.8) is 0 Å². The molecule has 12 heavy (non-hydrogen) atoms. The Balaban J connectivity index is 3.76.